The van der Waals surface area contributed by atoms with Crippen molar-refractivity contribution in [2.45, 2.75) is 19.4 Å². The molecule has 0 saturated carbocycles. The molecular weight excluding hydrogens is 358 g/mol. The number of rotatable bonds is 5. The van der Waals surface area contributed by atoms with Crippen LogP contribution in [0.5, 0.6) is 5.75 Å². The highest BCUT2D eigenvalue weighted by molar-refractivity contribution is 7.09. The Kier molecular flexibility index (Phi) is 6.29. The molecule has 0 N–H and O–H groups in total. The van der Waals surface area contributed by atoms with E-state index in [0.29, 0.717) is 18.1 Å². The maximum atomic E-state index is 12.5. The molecule has 1 amide bonds. The first kappa shape index (κ1) is 18.2. The molecule has 1 aliphatic rings. The summed E-state index contributed by atoms with van der Waals surface area (Å²) in [6.45, 7) is 4.01. The van der Waals surface area contributed by atoms with E-state index in [-0.39, 0.29) is 5.91 Å². The number of ether oxygens (including phenoxy) is 1. The standard InChI is InChI=1S/C18H22ClN3O2S/c1-21-7-2-8-22(10-9-21)18(23)11-15-13-25-17(20-15)12-24-16-5-3-14(19)4-6-16/h3-6,13H,2,7-12H2,1H3. The fourth-order valence-corrected chi connectivity index (χ4v) is 3.57. The number of halogens is 1. The fourth-order valence-electron chi connectivity index (χ4n) is 2.73. The molecule has 0 unspecified atom stereocenters. The van der Waals surface area contributed by atoms with Gasteiger partial charge < -0.3 is 14.5 Å². The zero-order valence-electron chi connectivity index (χ0n) is 14.3. The van der Waals surface area contributed by atoms with Crippen molar-refractivity contribution in [2.24, 2.45) is 0 Å². The van der Waals surface area contributed by atoms with Gasteiger partial charge in [-0.3, -0.25) is 4.79 Å². The molecule has 2 heterocycles. The summed E-state index contributed by atoms with van der Waals surface area (Å²) in [5, 5.41) is 3.50. The van der Waals surface area contributed by atoms with Crippen LogP contribution in [0.1, 0.15) is 17.1 Å². The van der Waals surface area contributed by atoms with Crippen molar-refractivity contribution >= 4 is 28.8 Å². The summed E-state index contributed by atoms with van der Waals surface area (Å²) in [6, 6.07) is 7.25. The first-order valence-electron chi connectivity index (χ1n) is 8.38. The van der Waals surface area contributed by atoms with E-state index in [1.165, 1.54) is 11.3 Å². The summed E-state index contributed by atoms with van der Waals surface area (Å²) in [6.07, 6.45) is 1.39. The Balaban J connectivity index is 1.50. The summed E-state index contributed by atoms with van der Waals surface area (Å²) < 4.78 is 5.70. The number of benzene rings is 1. The first-order chi connectivity index (χ1) is 12.1. The number of nitrogens with zero attached hydrogens (tertiary/aromatic N) is 3. The van der Waals surface area contributed by atoms with Crippen molar-refractivity contribution in [1.82, 2.24) is 14.8 Å². The number of hydrogen-bond acceptors (Lipinski definition) is 5. The van der Waals surface area contributed by atoms with Gasteiger partial charge in [-0.05, 0) is 44.3 Å². The van der Waals surface area contributed by atoms with Crippen LogP contribution in [0.15, 0.2) is 29.6 Å². The van der Waals surface area contributed by atoms with Crippen LogP contribution in [0, 0.1) is 0 Å². The van der Waals surface area contributed by atoms with E-state index in [1.54, 1.807) is 12.1 Å². The molecule has 0 aliphatic carbocycles. The highest BCUT2D eigenvalue weighted by Crippen LogP contribution is 2.18. The number of carbonyl (C=O) groups is 1. The Morgan fingerprint density at radius 1 is 1.24 bits per heavy atom. The number of carbonyl (C=O) groups excluding carboxylic acids is 1. The molecule has 0 atom stereocenters. The molecule has 25 heavy (non-hydrogen) atoms. The second-order valence-electron chi connectivity index (χ2n) is 6.19. The van der Waals surface area contributed by atoms with Crippen LogP contribution < -0.4 is 4.74 Å². The third kappa shape index (κ3) is 5.42. The first-order valence-corrected chi connectivity index (χ1v) is 9.64. The lowest BCUT2D eigenvalue weighted by Gasteiger charge is -2.20. The molecule has 1 aromatic heterocycles. The van der Waals surface area contributed by atoms with Gasteiger partial charge in [-0.1, -0.05) is 11.6 Å². The van der Waals surface area contributed by atoms with Crippen LogP contribution in [-0.4, -0.2) is 53.9 Å². The summed E-state index contributed by atoms with van der Waals surface area (Å²) in [7, 11) is 2.10. The van der Waals surface area contributed by atoms with Gasteiger partial charge in [0.15, 0.2) is 0 Å². The van der Waals surface area contributed by atoms with Crippen LogP contribution in [0.3, 0.4) is 0 Å². The molecule has 7 heteroatoms. The van der Waals surface area contributed by atoms with Gasteiger partial charge in [-0.25, -0.2) is 4.98 Å². The van der Waals surface area contributed by atoms with Crippen molar-refractivity contribution < 1.29 is 9.53 Å². The van der Waals surface area contributed by atoms with Gasteiger partial charge in [0.2, 0.25) is 5.91 Å². The number of hydrogen-bond donors (Lipinski definition) is 0. The highest BCUT2D eigenvalue weighted by Gasteiger charge is 2.18. The number of amides is 1. The third-order valence-corrected chi connectivity index (χ3v) is 5.30. The van der Waals surface area contributed by atoms with E-state index >= 15 is 0 Å². The van der Waals surface area contributed by atoms with Gasteiger partial charge in [0.05, 0.1) is 12.1 Å². The molecule has 1 fully saturated rings. The lowest BCUT2D eigenvalue weighted by atomic mass is 10.3. The summed E-state index contributed by atoms with van der Waals surface area (Å²) >= 11 is 7.38. The highest BCUT2D eigenvalue weighted by atomic mass is 35.5. The lowest BCUT2D eigenvalue weighted by Crippen LogP contribution is -2.35. The quantitative estimate of drug-likeness (QED) is 0.800. The van der Waals surface area contributed by atoms with Crippen molar-refractivity contribution in [2.75, 3.05) is 33.2 Å². The molecule has 2 aromatic rings. The maximum Gasteiger partial charge on any atom is 0.228 e. The fraction of sp³-hybridized carbons (Fsp3) is 0.444. The lowest BCUT2D eigenvalue weighted by molar-refractivity contribution is -0.130. The monoisotopic (exact) mass is 379 g/mol. The SMILES string of the molecule is CN1CCCN(C(=O)Cc2csc(COc3ccc(Cl)cc3)n2)CC1. The van der Waals surface area contributed by atoms with E-state index in [9.17, 15) is 4.79 Å². The predicted octanol–water partition coefficient (Wildman–Crippen LogP) is 3.08. The third-order valence-electron chi connectivity index (χ3n) is 4.18. The predicted molar refractivity (Wildman–Crippen MR) is 100 cm³/mol. The Morgan fingerprint density at radius 3 is 2.84 bits per heavy atom. The van der Waals surface area contributed by atoms with E-state index in [0.717, 1.165) is 49.1 Å². The Hall–Kier alpha value is -1.63. The van der Waals surface area contributed by atoms with Crippen LogP contribution in [0.4, 0.5) is 0 Å². The summed E-state index contributed by atoms with van der Waals surface area (Å²) in [5.41, 5.74) is 0.822. The number of likely N-dealkylation sites (N-methyl/N-ethyl adjacent to an activating group) is 1. The van der Waals surface area contributed by atoms with Gasteiger partial charge in [0, 0.05) is 30.0 Å². The van der Waals surface area contributed by atoms with Crippen LogP contribution in [-0.2, 0) is 17.8 Å². The Labute approximate surface area is 157 Å². The van der Waals surface area contributed by atoms with Gasteiger partial charge in [0.25, 0.3) is 0 Å². The zero-order valence-corrected chi connectivity index (χ0v) is 15.9. The molecule has 134 valence electrons. The average molecular weight is 380 g/mol. The molecule has 0 bridgehead atoms. The van der Waals surface area contributed by atoms with E-state index in [2.05, 4.69) is 16.9 Å². The normalized spacial score (nSPS) is 15.8. The van der Waals surface area contributed by atoms with Crippen molar-refractivity contribution in [1.29, 1.82) is 0 Å². The van der Waals surface area contributed by atoms with Gasteiger partial charge >= 0.3 is 0 Å². The molecule has 1 aromatic carbocycles. The van der Waals surface area contributed by atoms with E-state index in [4.69, 9.17) is 16.3 Å². The summed E-state index contributed by atoms with van der Waals surface area (Å²) in [4.78, 5) is 21.2. The van der Waals surface area contributed by atoms with Crippen molar-refractivity contribution in [3.8, 4) is 5.75 Å². The number of aromatic nitrogens is 1. The minimum absolute atomic E-state index is 0.158. The van der Waals surface area contributed by atoms with E-state index < -0.39 is 0 Å². The topological polar surface area (TPSA) is 45.7 Å². The largest absolute Gasteiger partial charge is 0.486 e. The smallest absolute Gasteiger partial charge is 0.228 e. The second-order valence-corrected chi connectivity index (χ2v) is 7.57. The molecule has 0 spiro atoms. The Bertz CT molecular complexity index is 705. The van der Waals surface area contributed by atoms with E-state index in [1.807, 2.05) is 22.4 Å². The Morgan fingerprint density at radius 2 is 2.04 bits per heavy atom. The summed E-state index contributed by atoms with van der Waals surface area (Å²) in [5.74, 6) is 0.914. The van der Waals surface area contributed by atoms with Crippen molar-refractivity contribution in [3.05, 3.63) is 45.4 Å². The van der Waals surface area contributed by atoms with Gasteiger partial charge in [-0.15, -0.1) is 11.3 Å². The van der Waals surface area contributed by atoms with Crippen LogP contribution in [0.2, 0.25) is 5.02 Å². The van der Waals surface area contributed by atoms with Gasteiger partial charge in [-0.2, -0.15) is 0 Å². The van der Waals surface area contributed by atoms with Crippen molar-refractivity contribution in [3.63, 3.8) is 0 Å². The molecular formula is C18H22ClN3O2S. The molecule has 1 saturated heterocycles. The molecule has 1 aliphatic heterocycles. The molecule has 0 radical (unpaired) electrons. The zero-order chi connectivity index (χ0) is 17.6. The van der Waals surface area contributed by atoms with Gasteiger partial charge in [0.1, 0.15) is 17.4 Å². The molecule has 5 nitrogen and oxygen atoms in total. The number of thiazole rings is 1. The van der Waals surface area contributed by atoms with Crippen LogP contribution >= 0.6 is 22.9 Å². The minimum atomic E-state index is 0.158. The average Bonchev–Trinajstić information content (AvgIpc) is 2.92. The van der Waals surface area contributed by atoms with Crippen LogP contribution in [0.25, 0.3) is 0 Å². The molecule has 3 rings (SSSR count). The second kappa shape index (κ2) is 8.65. The minimum Gasteiger partial charge on any atom is -0.486 e. The maximum absolute atomic E-state index is 12.5.